The van der Waals surface area contributed by atoms with Gasteiger partial charge in [0, 0.05) is 25.8 Å². The van der Waals surface area contributed by atoms with Gasteiger partial charge < -0.3 is 9.84 Å². The average molecular weight is 402 g/mol. The quantitative estimate of drug-likeness (QED) is 0.628. The molecule has 3 aromatic rings. The molecule has 2 heterocycles. The van der Waals surface area contributed by atoms with E-state index in [1.165, 1.54) is 6.20 Å². The van der Waals surface area contributed by atoms with Crippen molar-refractivity contribution in [1.82, 2.24) is 9.88 Å². The van der Waals surface area contributed by atoms with Gasteiger partial charge in [0.15, 0.2) is 5.69 Å². The van der Waals surface area contributed by atoms with Crippen molar-refractivity contribution < 1.29 is 14.6 Å². The Labute approximate surface area is 177 Å². The molecule has 1 N–H and O–H groups in total. The van der Waals surface area contributed by atoms with Crippen LogP contribution < -0.4 is 0 Å². The number of carboxylic acids is 1. The first-order chi connectivity index (χ1) is 14.7. The molecule has 0 spiro atoms. The summed E-state index contributed by atoms with van der Waals surface area (Å²) in [5.74, 6) is -0.975. The van der Waals surface area contributed by atoms with Crippen molar-refractivity contribution in [3.05, 3.63) is 101 Å². The number of piperidine rings is 1. The Morgan fingerprint density at radius 1 is 0.967 bits per heavy atom. The lowest BCUT2D eigenvalue weighted by atomic mass is 10.00. The summed E-state index contributed by atoms with van der Waals surface area (Å²) in [4.78, 5) is 17.7. The average Bonchev–Trinajstić information content (AvgIpc) is 2.80. The highest BCUT2D eigenvalue weighted by Crippen LogP contribution is 2.30. The second-order valence-electron chi connectivity index (χ2n) is 7.63. The van der Waals surface area contributed by atoms with E-state index in [0.29, 0.717) is 6.54 Å². The predicted molar refractivity (Wildman–Crippen MR) is 115 cm³/mol. The highest BCUT2D eigenvalue weighted by Gasteiger charge is 2.25. The van der Waals surface area contributed by atoms with Crippen molar-refractivity contribution >= 4 is 5.97 Å². The number of benzene rings is 2. The lowest BCUT2D eigenvalue weighted by Crippen LogP contribution is -2.37. The molecule has 0 atom stereocenters. The summed E-state index contributed by atoms with van der Waals surface area (Å²) in [5, 5.41) is 9.35. The molecule has 0 radical (unpaired) electrons. The number of aromatic nitrogens is 1. The third-order valence-electron chi connectivity index (χ3n) is 5.56. The van der Waals surface area contributed by atoms with Gasteiger partial charge >= 0.3 is 5.97 Å². The van der Waals surface area contributed by atoms with Crippen molar-refractivity contribution in [2.24, 2.45) is 0 Å². The van der Waals surface area contributed by atoms with E-state index in [4.69, 9.17) is 4.74 Å². The summed E-state index contributed by atoms with van der Waals surface area (Å²) in [6.45, 7) is 2.34. The first-order valence-electron chi connectivity index (χ1n) is 10.4. The summed E-state index contributed by atoms with van der Waals surface area (Å²) in [7, 11) is 0. The molecule has 2 aromatic carbocycles. The molecule has 1 aliphatic rings. The van der Waals surface area contributed by atoms with E-state index in [1.54, 1.807) is 6.07 Å². The molecular formula is C25H26N2O3. The molecule has 30 heavy (non-hydrogen) atoms. The summed E-state index contributed by atoms with van der Waals surface area (Å²) in [6.07, 6.45) is 3.44. The molecule has 1 saturated heterocycles. The normalized spacial score (nSPS) is 15.4. The van der Waals surface area contributed by atoms with Crippen LogP contribution in [0, 0.1) is 0 Å². The Hall–Kier alpha value is -3.02. The van der Waals surface area contributed by atoms with Crippen LogP contribution in [-0.4, -0.2) is 40.2 Å². The standard InChI is InChI=1S/C25H26N2O3/c28-25(29)23-21(12-7-15-26-23)18-27-16-13-22(14-17-27)30-24(19-8-3-1-4-9-19)20-10-5-2-6-11-20/h1-12,15,22,24H,13-14,16-18H2,(H,28,29). The molecular weight excluding hydrogens is 376 g/mol. The van der Waals surface area contributed by atoms with Crippen LogP contribution in [0.25, 0.3) is 0 Å². The predicted octanol–water partition coefficient (Wildman–Crippen LogP) is 4.55. The molecule has 154 valence electrons. The van der Waals surface area contributed by atoms with Crippen molar-refractivity contribution in [3.63, 3.8) is 0 Å². The van der Waals surface area contributed by atoms with Crippen LogP contribution in [0.15, 0.2) is 79.0 Å². The number of hydrogen-bond acceptors (Lipinski definition) is 4. The van der Waals surface area contributed by atoms with Gasteiger partial charge in [-0.05, 0) is 35.6 Å². The van der Waals surface area contributed by atoms with E-state index in [-0.39, 0.29) is 17.9 Å². The highest BCUT2D eigenvalue weighted by atomic mass is 16.5. The minimum Gasteiger partial charge on any atom is -0.477 e. The van der Waals surface area contributed by atoms with Gasteiger partial charge in [0.05, 0.1) is 6.10 Å². The van der Waals surface area contributed by atoms with Crippen molar-refractivity contribution in [2.45, 2.75) is 31.6 Å². The Morgan fingerprint density at radius 2 is 1.57 bits per heavy atom. The Kier molecular flexibility index (Phi) is 6.52. The lowest BCUT2D eigenvalue weighted by molar-refractivity contribution is -0.0282. The maximum atomic E-state index is 11.4. The molecule has 1 aromatic heterocycles. The molecule has 1 aliphatic heterocycles. The van der Waals surface area contributed by atoms with Crippen molar-refractivity contribution in [1.29, 1.82) is 0 Å². The summed E-state index contributed by atoms with van der Waals surface area (Å²) >= 11 is 0. The number of ether oxygens (including phenoxy) is 1. The molecule has 0 bridgehead atoms. The van der Waals surface area contributed by atoms with Gasteiger partial charge in [-0.1, -0.05) is 66.7 Å². The zero-order chi connectivity index (χ0) is 20.8. The molecule has 4 rings (SSSR count). The number of aromatic carboxylic acids is 1. The molecule has 5 nitrogen and oxygen atoms in total. The van der Waals surface area contributed by atoms with Gasteiger partial charge in [0.1, 0.15) is 6.10 Å². The summed E-state index contributed by atoms with van der Waals surface area (Å²) < 4.78 is 6.59. The van der Waals surface area contributed by atoms with Crippen molar-refractivity contribution in [3.8, 4) is 0 Å². The fourth-order valence-electron chi connectivity index (χ4n) is 4.00. The van der Waals surface area contributed by atoms with E-state index >= 15 is 0 Å². The van der Waals surface area contributed by atoms with Crippen LogP contribution in [0.1, 0.15) is 46.1 Å². The van der Waals surface area contributed by atoms with Gasteiger partial charge in [-0.2, -0.15) is 0 Å². The van der Waals surface area contributed by atoms with Crippen LogP contribution in [-0.2, 0) is 11.3 Å². The van der Waals surface area contributed by atoms with Gasteiger partial charge in [-0.15, -0.1) is 0 Å². The number of likely N-dealkylation sites (tertiary alicyclic amines) is 1. The van der Waals surface area contributed by atoms with E-state index in [1.807, 2.05) is 42.5 Å². The van der Waals surface area contributed by atoms with Crippen LogP contribution in [0.2, 0.25) is 0 Å². The molecule has 0 saturated carbocycles. The number of hydrogen-bond donors (Lipinski definition) is 1. The topological polar surface area (TPSA) is 62.7 Å². The zero-order valence-corrected chi connectivity index (χ0v) is 16.9. The minimum absolute atomic E-state index is 0.0825. The van der Waals surface area contributed by atoms with Gasteiger partial charge in [-0.25, -0.2) is 9.78 Å². The number of carbonyl (C=O) groups is 1. The zero-order valence-electron chi connectivity index (χ0n) is 16.9. The van der Waals surface area contributed by atoms with Crippen LogP contribution in [0.5, 0.6) is 0 Å². The van der Waals surface area contributed by atoms with Crippen molar-refractivity contribution in [2.75, 3.05) is 13.1 Å². The lowest BCUT2D eigenvalue weighted by Gasteiger charge is -2.34. The first kappa shape index (κ1) is 20.3. The maximum Gasteiger partial charge on any atom is 0.354 e. The van der Waals surface area contributed by atoms with Gasteiger partial charge in [0.2, 0.25) is 0 Å². The molecule has 1 fully saturated rings. The number of rotatable bonds is 7. The maximum absolute atomic E-state index is 11.4. The van der Waals surface area contributed by atoms with Gasteiger partial charge in [-0.3, -0.25) is 4.90 Å². The summed E-state index contributed by atoms with van der Waals surface area (Å²) in [6, 6.07) is 24.3. The first-order valence-corrected chi connectivity index (χ1v) is 10.4. The van der Waals surface area contributed by atoms with E-state index < -0.39 is 5.97 Å². The Balaban J connectivity index is 1.40. The number of carboxylic acid groups (broad SMARTS) is 1. The number of nitrogens with zero attached hydrogens (tertiary/aromatic N) is 2. The highest BCUT2D eigenvalue weighted by molar-refractivity contribution is 5.86. The summed E-state index contributed by atoms with van der Waals surface area (Å²) in [5.41, 5.74) is 3.22. The number of pyridine rings is 1. The Morgan fingerprint density at radius 3 is 2.13 bits per heavy atom. The third-order valence-corrected chi connectivity index (χ3v) is 5.56. The van der Waals surface area contributed by atoms with Crippen LogP contribution in [0.3, 0.4) is 0 Å². The van der Waals surface area contributed by atoms with Gasteiger partial charge in [0.25, 0.3) is 0 Å². The molecule has 0 aliphatic carbocycles. The van der Waals surface area contributed by atoms with E-state index in [9.17, 15) is 9.90 Å². The van der Waals surface area contributed by atoms with Crippen LogP contribution in [0.4, 0.5) is 0 Å². The molecule has 0 amide bonds. The van der Waals surface area contributed by atoms with Crippen LogP contribution >= 0.6 is 0 Å². The van der Waals surface area contributed by atoms with E-state index in [2.05, 4.69) is 34.1 Å². The smallest absolute Gasteiger partial charge is 0.354 e. The monoisotopic (exact) mass is 402 g/mol. The second kappa shape index (κ2) is 9.65. The molecule has 0 unspecified atom stereocenters. The SMILES string of the molecule is O=C(O)c1ncccc1CN1CCC(OC(c2ccccc2)c2ccccc2)CC1. The minimum atomic E-state index is -0.975. The fraction of sp³-hybridized carbons (Fsp3) is 0.280. The third kappa shape index (κ3) is 4.93. The fourth-order valence-corrected chi connectivity index (χ4v) is 4.00. The second-order valence-corrected chi connectivity index (χ2v) is 7.63. The Bertz CT molecular complexity index is 915. The largest absolute Gasteiger partial charge is 0.477 e. The molecule has 5 heteroatoms. The van der Waals surface area contributed by atoms with E-state index in [0.717, 1.165) is 42.6 Å².